The smallest absolute Gasteiger partial charge is 0.0702 e. The maximum absolute atomic E-state index is 5.86. The van der Waals surface area contributed by atoms with E-state index in [0.717, 1.165) is 31.5 Å². The van der Waals surface area contributed by atoms with E-state index >= 15 is 0 Å². The predicted molar refractivity (Wildman–Crippen MR) is 63.5 cm³/mol. The van der Waals surface area contributed by atoms with Gasteiger partial charge in [0.15, 0.2) is 0 Å². The van der Waals surface area contributed by atoms with Crippen molar-refractivity contribution < 1.29 is 4.74 Å². The first kappa shape index (κ1) is 11.7. The molecule has 2 rings (SSSR count). The third-order valence-electron chi connectivity index (χ3n) is 3.65. The van der Waals surface area contributed by atoms with E-state index in [-0.39, 0.29) is 0 Å². The van der Waals surface area contributed by atoms with Gasteiger partial charge < -0.3 is 4.74 Å². The van der Waals surface area contributed by atoms with Gasteiger partial charge in [0, 0.05) is 25.1 Å². The summed E-state index contributed by atoms with van der Waals surface area (Å²) in [7, 11) is 0. The molecule has 0 aliphatic carbocycles. The Balaban J connectivity index is 1.80. The number of halogens is 1. The van der Waals surface area contributed by atoms with E-state index < -0.39 is 0 Å². The van der Waals surface area contributed by atoms with Crippen LogP contribution in [0.15, 0.2) is 0 Å². The fraction of sp³-hybridized carbons (Fsp3) is 1.00. The minimum absolute atomic E-state index is 0.501. The second-order valence-electron chi connectivity index (χ2n) is 4.76. The fourth-order valence-corrected chi connectivity index (χ4v) is 3.06. The Morgan fingerprint density at radius 1 is 1.20 bits per heavy atom. The van der Waals surface area contributed by atoms with Crippen LogP contribution < -0.4 is 0 Å². The Hall–Kier alpha value is 0.210. The normalized spacial score (nSPS) is 33.4. The van der Waals surface area contributed by atoms with Crippen molar-refractivity contribution in [3.05, 3.63) is 0 Å². The molecule has 2 unspecified atom stereocenters. The summed E-state index contributed by atoms with van der Waals surface area (Å²) in [5.41, 5.74) is 0. The second kappa shape index (κ2) is 6.07. The molecule has 0 aromatic carbocycles. The fourth-order valence-electron chi connectivity index (χ4n) is 2.80. The van der Waals surface area contributed by atoms with E-state index in [1.54, 1.807) is 0 Å². The highest BCUT2D eigenvalue weighted by Crippen LogP contribution is 2.23. The van der Waals surface area contributed by atoms with Gasteiger partial charge in [-0.25, -0.2) is 0 Å². The van der Waals surface area contributed by atoms with Gasteiger partial charge in [-0.05, 0) is 38.6 Å². The molecular weight excluding hydrogens is 210 g/mol. The van der Waals surface area contributed by atoms with Crippen LogP contribution in [0.25, 0.3) is 0 Å². The molecule has 2 atom stereocenters. The first-order chi connectivity index (χ1) is 7.40. The minimum Gasteiger partial charge on any atom is -0.377 e. The van der Waals surface area contributed by atoms with Crippen molar-refractivity contribution in [2.24, 2.45) is 0 Å². The summed E-state index contributed by atoms with van der Waals surface area (Å²) < 4.78 is 5.71. The molecule has 0 saturated carbocycles. The average Bonchev–Trinajstić information content (AvgIpc) is 2.74. The van der Waals surface area contributed by atoms with Gasteiger partial charge in [-0.3, -0.25) is 4.90 Å². The first-order valence-electron chi connectivity index (χ1n) is 6.32. The molecule has 0 amide bonds. The second-order valence-corrected chi connectivity index (χ2v) is 5.14. The van der Waals surface area contributed by atoms with E-state index in [1.807, 2.05) is 0 Å². The minimum atomic E-state index is 0.501. The van der Waals surface area contributed by atoms with Crippen LogP contribution in [-0.4, -0.2) is 42.6 Å². The van der Waals surface area contributed by atoms with Crippen LogP contribution in [0.5, 0.6) is 0 Å². The van der Waals surface area contributed by atoms with Crippen molar-refractivity contribution in [2.75, 3.05) is 25.6 Å². The summed E-state index contributed by atoms with van der Waals surface area (Å²) in [5, 5.41) is 0. The van der Waals surface area contributed by atoms with Gasteiger partial charge >= 0.3 is 0 Å². The van der Waals surface area contributed by atoms with E-state index in [2.05, 4.69) is 4.90 Å². The third-order valence-corrected chi connectivity index (χ3v) is 3.87. The highest BCUT2D eigenvalue weighted by molar-refractivity contribution is 6.17. The van der Waals surface area contributed by atoms with Gasteiger partial charge in [-0.15, -0.1) is 11.6 Å². The lowest BCUT2D eigenvalue weighted by atomic mass is 9.99. The quantitative estimate of drug-likeness (QED) is 0.690. The third kappa shape index (κ3) is 3.33. The maximum atomic E-state index is 5.86. The van der Waals surface area contributed by atoms with E-state index in [4.69, 9.17) is 16.3 Å². The maximum Gasteiger partial charge on any atom is 0.0702 e. The van der Waals surface area contributed by atoms with Crippen LogP contribution in [0.4, 0.5) is 0 Å². The molecule has 3 heteroatoms. The molecule has 0 radical (unpaired) electrons. The Morgan fingerprint density at radius 3 is 2.87 bits per heavy atom. The summed E-state index contributed by atoms with van der Waals surface area (Å²) in [6, 6.07) is 0.723. The summed E-state index contributed by atoms with van der Waals surface area (Å²) in [6.45, 7) is 3.36. The van der Waals surface area contributed by atoms with Crippen LogP contribution >= 0.6 is 11.6 Å². The van der Waals surface area contributed by atoms with Crippen molar-refractivity contribution in [2.45, 2.75) is 50.7 Å². The molecule has 2 nitrogen and oxygen atoms in total. The number of rotatable bonds is 4. The summed E-state index contributed by atoms with van der Waals surface area (Å²) in [4.78, 5) is 2.61. The largest absolute Gasteiger partial charge is 0.377 e. The summed E-state index contributed by atoms with van der Waals surface area (Å²) >= 11 is 5.86. The summed E-state index contributed by atoms with van der Waals surface area (Å²) in [6.07, 6.45) is 8.21. The molecule has 2 aliphatic heterocycles. The first-order valence-corrected chi connectivity index (χ1v) is 6.85. The Morgan fingerprint density at radius 2 is 2.13 bits per heavy atom. The Bertz CT molecular complexity index is 180. The molecule has 0 N–H and O–H groups in total. The number of alkyl halides is 1. The van der Waals surface area contributed by atoms with E-state index in [1.165, 1.54) is 38.6 Å². The number of ether oxygens (including phenoxy) is 1. The summed E-state index contributed by atoms with van der Waals surface area (Å²) in [5.74, 6) is 0.798. The Kier molecular flexibility index (Phi) is 4.73. The van der Waals surface area contributed by atoms with Crippen LogP contribution in [-0.2, 0) is 4.74 Å². The van der Waals surface area contributed by atoms with Crippen molar-refractivity contribution in [1.82, 2.24) is 4.90 Å². The molecule has 0 aromatic rings. The van der Waals surface area contributed by atoms with Crippen LogP contribution in [0.3, 0.4) is 0 Å². The highest BCUT2D eigenvalue weighted by atomic mass is 35.5. The molecule has 2 heterocycles. The molecule has 2 fully saturated rings. The molecular formula is C12H22ClNO. The predicted octanol–water partition coefficient (Wildman–Crippen LogP) is 2.65. The number of piperidine rings is 1. The molecule has 15 heavy (non-hydrogen) atoms. The van der Waals surface area contributed by atoms with Gasteiger partial charge in [0.25, 0.3) is 0 Å². The van der Waals surface area contributed by atoms with E-state index in [0.29, 0.717) is 6.10 Å². The van der Waals surface area contributed by atoms with Gasteiger partial charge in [0.05, 0.1) is 6.10 Å². The number of likely N-dealkylation sites (tertiary alicyclic amines) is 1. The lowest BCUT2D eigenvalue weighted by molar-refractivity contribution is 0.0436. The van der Waals surface area contributed by atoms with Crippen molar-refractivity contribution in [3.63, 3.8) is 0 Å². The number of hydrogen-bond donors (Lipinski definition) is 0. The van der Waals surface area contributed by atoms with Gasteiger partial charge in [0.1, 0.15) is 0 Å². The average molecular weight is 232 g/mol. The van der Waals surface area contributed by atoms with Crippen LogP contribution in [0, 0.1) is 0 Å². The van der Waals surface area contributed by atoms with Crippen molar-refractivity contribution in [3.8, 4) is 0 Å². The van der Waals surface area contributed by atoms with Crippen LogP contribution in [0.1, 0.15) is 38.5 Å². The standard InChI is InChI=1S/C12H22ClNO/c13-7-6-11-4-1-2-8-14(11)10-12-5-3-9-15-12/h11-12H,1-10H2. The molecule has 0 bridgehead atoms. The number of nitrogens with zero attached hydrogens (tertiary/aromatic N) is 1. The van der Waals surface area contributed by atoms with Gasteiger partial charge in [-0.2, -0.15) is 0 Å². The molecule has 2 saturated heterocycles. The number of hydrogen-bond acceptors (Lipinski definition) is 2. The highest BCUT2D eigenvalue weighted by Gasteiger charge is 2.26. The van der Waals surface area contributed by atoms with E-state index in [9.17, 15) is 0 Å². The molecule has 88 valence electrons. The lowest BCUT2D eigenvalue weighted by Crippen LogP contribution is -2.43. The zero-order valence-electron chi connectivity index (χ0n) is 9.46. The molecule has 0 spiro atoms. The van der Waals surface area contributed by atoms with Gasteiger partial charge in [0.2, 0.25) is 0 Å². The monoisotopic (exact) mass is 231 g/mol. The van der Waals surface area contributed by atoms with Crippen molar-refractivity contribution in [1.29, 1.82) is 0 Å². The molecule has 2 aliphatic rings. The molecule has 0 aromatic heterocycles. The SMILES string of the molecule is ClCCC1CCCCN1CC1CCCO1. The van der Waals surface area contributed by atoms with Gasteiger partial charge in [-0.1, -0.05) is 6.42 Å². The van der Waals surface area contributed by atoms with Crippen molar-refractivity contribution >= 4 is 11.6 Å². The van der Waals surface area contributed by atoms with Crippen LogP contribution in [0.2, 0.25) is 0 Å². The zero-order valence-corrected chi connectivity index (χ0v) is 10.2. The Labute approximate surface area is 97.9 Å². The topological polar surface area (TPSA) is 12.5 Å². The zero-order chi connectivity index (χ0) is 10.5. The lowest BCUT2D eigenvalue weighted by Gasteiger charge is -2.36.